The van der Waals surface area contributed by atoms with Crippen LogP contribution in [0, 0.1) is 5.82 Å². The van der Waals surface area contributed by atoms with E-state index in [0.29, 0.717) is 17.1 Å². The lowest BCUT2D eigenvalue weighted by atomic mass is 10.1. The van der Waals surface area contributed by atoms with E-state index in [1.165, 1.54) is 6.07 Å². The maximum Gasteiger partial charge on any atom is 0.184 e. The first-order valence-corrected chi connectivity index (χ1v) is 7.68. The van der Waals surface area contributed by atoms with Gasteiger partial charge >= 0.3 is 0 Å². The molecule has 0 aliphatic rings. The Bertz CT molecular complexity index is 993. The number of aromatic nitrogens is 4. The highest BCUT2D eigenvalue weighted by Crippen LogP contribution is 2.27. The normalized spacial score (nSPS) is 12.0. The first-order valence-electron chi connectivity index (χ1n) is 7.68. The summed E-state index contributed by atoms with van der Waals surface area (Å²) in [7, 11) is 0. The third-order valence-corrected chi connectivity index (χ3v) is 3.70. The molecule has 3 heterocycles. The largest absolute Gasteiger partial charge is 0.478 e. The van der Waals surface area contributed by atoms with Gasteiger partial charge in [-0.1, -0.05) is 6.07 Å². The molecule has 5 nitrogen and oxygen atoms in total. The van der Waals surface area contributed by atoms with Crippen molar-refractivity contribution in [1.82, 2.24) is 19.9 Å². The molecular weight excluding hydrogens is 319 g/mol. The number of fused-ring (bicyclic) bond motifs is 1. The van der Waals surface area contributed by atoms with Crippen molar-refractivity contribution in [1.29, 1.82) is 0 Å². The zero-order valence-electron chi connectivity index (χ0n) is 13.1. The number of benzene rings is 1. The highest BCUT2D eigenvalue weighted by molar-refractivity contribution is 5.79. The van der Waals surface area contributed by atoms with Gasteiger partial charge in [0, 0.05) is 24.0 Å². The topological polar surface area (TPSA) is 60.8 Å². The van der Waals surface area contributed by atoms with E-state index >= 15 is 0 Å². The Morgan fingerprint density at radius 3 is 2.60 bits per heavy atom. The maximum atomic E-state index is 13.2. The predicted molar refractivity (Wildman–Crippen MR) is 90.4 cm³/mol. The van der Waals surface area contributed by atoms with Gasteiger partial charge in [-0.2, -0.15) is 0 Å². The van der Waals surface area contributed by atoms with Gasteiger partial charge in [0.05, 0.1) is 23.6 Å². The Kier molecular flexibility index (Phi) is 4.00. The van der Waals surface area contributed by atoms with Gasteiger partial charge in [0.1, 0.15) is 17.3 Å². The fourth-order valence-corrected chi connectivity index (χ4v) is 2.52. The van der Waals surface area contributed by atoms with Gasteiger partial charge in [-0.25, -0.2) is 4.39 Å². The highest BCUT2D eigenvalue weighted by Gasteiger charge is 2.19. The molecule has 4 aromatic rings. The zero-order chi connectivity index (χ0) is 17.1. The minimum absolute atomic E-state index is 0.404. The van der Waals surface area contributed by atoms with Gasteiger partial charge in [0.25, 0.3) is 0 Å². The molecule has 0 aliphatic heterocycles. The van der Waals surface area contributed by atoms with E-state index in [2.05, 4.69) is 19.9 Å². The van der Waals surface area contributed by atoms with Crippen molar-refractivity contribution in [2.24, 2.45) is 0 Å². The second kappa shape index (κ2) is 6.60. The minimum Gasteiger partial charge on any atom is -0.478 e. The first-order chi connectivity index (χ1) is 12.3. The highest BCUT2D eigenvalue weighted by atomic mass is 19.1. The van der Waals surface area contributed by atoms with Crippen LogP contribution in [0.4, 0.5) is 4.39 Å². The number of pyridine rings is 2. The van der Waals surface area contributed by atoms with Crippen LogP contribution in [0.5, 0.6) is 5.75 Å². The van der Waals surface area contributed by atoms with Crippen molar-refractivity contribution >= 4 is 10.9 Å². The van der Waals surface area contributed by atoms with Crippen molar-refractivity contribution in [3.63, 3.8) is 0 Å². The van der Waals surface area contributed by atoms with Gasteiger partial charge < -0.3 is 4.74 Å². The Hall–Kier alpha value is -3.41. The summed E-state index contributed by atoms with van der Waals surface area (Å²) in [5.74, 6) is 0.237. The molecule has 122 valence electrons. The van der Waals surface area contributed by atoms with E-state index < -0.39 is 11.9 Å². The third kappa shape index (κ3) is 3.28. The molecule has 0 bridgehead atoms. The van der Waals surface area contributed by atoms with Crippen LogP contribution >= 0.6 is 0 Å². The zero-order valence-corrected chi connectivity index (χ0v) is 13.1. The standard InChI is InChI=1S/C19H13FN4O/c20-14-3-5-17(24-11-14)19(18-12-21-8-9-23-18)25-15-4-6-16-13(10-15)2-1-7-22-16/h1-12,19H. The molecular formula is C19H13FN4O. The molecule has 0 N–H and O–H groups in total. The molecule has 1 atom stereocenters. The molecule has 1 aromatic carbocycles. The number of nitrogens with zero attached hydrogens (tertiary/aromatic N) is 4. The lowest BCUT2D eigenvalue weighted by Gasteiger charge is -2.18. The average molecular weight is 332 g/mol. The quantitative estimate of drug-likeness (QED) is 0.570. The first kappa shape index (κ1) is 15.1. The molecule has 0 amide bonds. The molecule has 0 fully saturated rings. The van der Waals surface area contributed by atoms with E-state index in [-0.39, 0.29) is 0 Å². The van der Waals surface area contributed by atoms with Crippen molar-refractivity contribution < 1.29 is 9.13 Å². The fraction of sp³-hybridized carbons (Fsp3) is 0.0526. The summed E-state index contributed by atoms with van der Waals surface area (Å²) in [6.45, 7) is 0. The predicted octanol–water partition coefficient (Wildman–Crippen LogP) is 3.73. The molecule has 3 aromatic heterocycles. The van der Waals surface area contributed by atoms with Gasteiger partial charge in [0.2, 0.25) is 0 Å². The smallest absolute Gasteiger partial charge is 0.184 e. The van der Waals surface area contributed by atoms with Crippen LogP contribution in [-0.2, 0) is 0 Å². The lowest BCUT2D eigenvalue weighted by molar-refractivity contribution is 0.237. The van der Waals surface area contributed by atoms with Crippen molar-refractivity contribution in [2.45, 2.75) is 6.10 Å². The van der Waals surface area contributed by atoms with E-state index in [1.807, 2.05) is 30.3 Å². The van der Waals surface area contributed by atoms with Crippen molar-refractivity contribution in [2.75, 3.05) is 0 Å². The summed E-state index contributed by atoms with van der Waals surface area (Å²) >= 11 is 0. The van der Waals surface area contributed by atoms with E-state index in [0.717, 1.165) is 17.1 Å². The lowest BCUT2D eigenvalue weighted by Crippen LogP contribution is -2.13. The molecule has 25 heavy (non-hydrogen) atoms. The number of hydrogen-bond donors (Lipinski definition) is 0. The maximum absolute atomic E-state index is 13.2. The summed E-state index contributed by atoms with van der Waals surface area (Å²) in [6.07, 6.45) is 7.08. The third-order valence-electron chi connectivity index (χ3n) is 3.70. The van der Waals surface area contributed by atoms with Crippen LogP contribution in [0.1, 0.15) is 17.5 Å². The fourth-order valence-electron chi connectivity index (χ4n) is 2.52. The average Bonchev–Trinajstić information content (AvgIpc) is 2.67. The van der Waals surface area contributed by atoms with E-state index in [1.54, 1.807) is 30.9 Å². The molecule has 4 rings (SSSR count). The molecule has 0 saturated heterocycles. The number of rotatable bonds is 4. The Labute approximate surface area is 143 Å². The van der Waals surface area contributed by atoms with Gasteiger partial charge in [-0.3, -0.25) is 19.9 Å². The van der Waals surface area contributed by atoms with Crippen LogP contribution < -0.4 is 4.74 Å². The SMILES string of the molecule is Fc1ccc(C(Oc2ccc3ncccc3c2)c2cnccn2)nc1. The van der Waals surface area contributed by atoms with E-state index in [9.17, 15) is 4.39 Å². The van der Waals surface area contributed by atoms with Crippen LogP contribution in [-0.4, -0.2) is 19.9 Å². The summed E-state index contributed by atoms with van der Waals surface area (Å²) in [5.41, 5.74) is 2.02. The number of hydrogen-bond acceptors (Lipinski definition) is 5. The van der Waals surface area contributed by atoms with Gasteiger partial charge in [-0.15, -0.1) is 0 Å². The molecule has 0 radical (unpaired) electrons. The Balaban J connectivity index is 1.73. The summed E-state index contributed by atoms with van der Waals surface area (Å²) in [5, 5.41) is 0.963. The van der Waals surface area contributed by atoms with Crippen LogP contribution in [0.25, 0.3) is 10.9 Å². The number of halogens is 1. The molecule has 1 unspecified atom stereocenters. The van der Waals surface area contributed by atoms with Crippen molar-refractivity contribution in [3.8, 4) is 5.75 Å². The molecule has 6 heteroatoms. The number of ether oxygens (including phenoxy) is 1. The second-order valence-electron chi connectivity index (χ2n) is 5.39. The molecule has 0 aliphatic carbocycles. The van der Waals surface area contributed by atoms with Crippen LogP contribution in [0.3, 0.4) is 0 Å². The molecule has 0 saturated carbocycles. The van der Waals surface area contributed by atoms with E-state index in [4.69, 9.17) is 4.74 Å². The van der Waals surface area contributed by atoms with Gasteiger partial charge in [0.15, 0.2) is 6.10 Å². The van der Waals surface area contributed by atoms with Crippen LogP contribution in [0.15, 0.2) is 73.4 Å². The second-order valence-corrected chi connectivity index (χ2v) is 5.39. The molecule has 0 spiro atoms. The van der Waals surface area contributed by atoms with Crippen molar-refractivity contribution in [3.05, 3.63) is 90.7 Å². The summed E-state index contributed by atoms with van der Waals surface area (Å²) in [6, 6.07) is 12.4. The van der Waals surface area contributed by atoms with Crippen LogP contribution in [0.2, 0.25) is 0 Å². The summed E-state index contributed by atoms with van der Waals surface area (Å²) in [4.78, 5) is 16.8. The Morgan fingerprint density at radius 2 is 1.80 bits per heavy atom. The Morgan fingerprint density at radius 1 is 0.840 bits per heavy atom. The monoisotopic (exact) mass is 332 g/mol. The minimum atomic E-state index is -0.594. The summed E-state index contributed by atoms with van der Waals surface area (Å²) < 4.78 is 19.3. The van der Waals surface area contributed by atoms with Gasteiger partial charge in [-0.05, 0) is 36.4 Å².